The lowest BCUT2D eigenvalue weighted by Crippen LogP contribution is -2.47. The second-order valence-electron chi connectivity index (χ2n) is 5.90. The first kappa shape index (κ1) is 14.6. The molecule has 2 N–H and O–H groups in total. The minimum Gasteiger partial charge on any atom is -0.481 e. The van der Waals surface area contributed by atoms with Crippen molar-refractivity contribution in [1.29, 1.82) is 0 Å². The summed E-state index contributed by atoms with van der Waals surface area (Å²) < 4.78 is 0. The van der Waals surface area contributed by atoms with Crippen LogP contribution in [0.1, 0.15) is 46.3 Å². The fourth-order valence-corrected chi connectivity index (χ4v) is 2.95. The summed E-state index contributed by atoms with van der Waals surface area (Å²) in [6.07, 6.45) is 2.22. The van der Waals surface area contributed by atoms with E-state index >= 15 is 0 Å². The van der Waals surface area contributed by atoms with Crippen LogP contribution in [0.2, 0.25) is 0 Å². The largest absolute Gasteiger partial charge is 0.481 e. The van der Waals surface area contributed by atoms with Gasteiger partial charge < -0.3 is 10.4 Å². The Hall–Kier alpha value is -1.84. The molecule has 0 aliphatic heterocycles. The van der Waals surface area contributed by atoms with E-state index in [4.69, 9.17) is 0 Å². The van der Waals surface area contributed by atoms with Crippen LogP contribution in [0, 0.1) is 26.2 Å². The molecule has 20 heavy (non-hydrogen) atoms. The van der Waals surface area contributed by atoms with E-state index in [1.54, 1.807) is 0 Å². The predicted molar refractivity (Wildman–Crippen MR) is 76.9 cm³/mol. The molecular formula is C16H21NO3. The number of nitrogens with one attached hydrogen (secondary N) is 1. The van der Waals surface area contributed by atoms with Crippen molar-refractivity contribution in [3.63, 3.8) is 0 Å². The number of rotatable bonds is 4. The first-order valence-corrected chi connectivity index (χ1v) is 6.95. The van der Waals surface area contributed by atoms with Gasteiger partial charge in [-0.25, -0.2) is 0 Å². The van der Waals surface area contributed by atoms with Crippen LogP contribution in [0.5, 0.6) is 0 Å². The van der Waals surface area contributed by atoms with Crippen molar-refractivity contribution in [2.45, 2.75) is 40.0 Å². The van der Waals surface area contributed by atoms with Gasteiger partial charge in [0.1, 0.15) is 0 Å². The molecule has 1 aromatic rings. The Morgan fingerprint density at radius 3 is 2.15 bits per heavy atom. The third-order valence-corrected chi connectivity index (χ3v) is 4.26. The Bertz CT molecular complexity index is 536. The van der Waals surface area contributed by atoms with Crippen LogP contribution in [0.3, 0.4) is 0 Å². The number of carboxylic acids is 1. The van der Waals surface area contributed by atoms with Crippen LogP contribution in [0.25, 0.3) is 0 Å². The Morgan fingerprint density at radius 1 is 1.20 bits per heavy atom. The van der Waals surface area contributed by atoms with Crippen molar-refractivity contribution in [2.75, 3.05) is 6.54 Å². The molecule has 1 amide bonds. The molecule has 4 heteroatoms. The summed E-state index contributed by atoms with van der Waals surface area (Å²) in [7, 11) is 0. The zero-order chi connectivity index (χ0) is 14.9. The number of aryl methyl sites for hydroxylation is 3. The van der Waals surface area contributed by atoms with Crippen LogP contribution >= 0.6 is 0 Å². The van der Waals surface area contributed by atoms with Gasteiger partial charge in [0.05, 0.1) is 5.41 Å². The SMILES string of the molecule is Cc1cc(C)c(C(=O)NCC2(C(=O)O)CCC2)c(C)c1. The van der Waals surface area contributed by atoms with Gasteiger partial charge in [-0.05, 0) is 44.7 Å². The van der Waals surface area contributed by atoms with Crippen molar-refractivity contribution in [3.05, 3.63) is 34.4 Å². The number of hydrogen-bond acceptors (Lipinski definition) is 2. The van der Waals surface area contributed by atoms with Crippen molar-refractivity contribution in [2.24, 2.45) is 5.41 Å². The summed E-state index contributed by atoms with van der Waals surface area (Å²) >= 11 is 0. The van der Waals surface area contributed by atoms with Crippen molar-refractivity contribution in [3.8, 4) is 0 Å². The van der Waals surface area contributed by atoms with E-state index in [0.29, 0.717) is 18.4 Å². The number of carbonyl (C=O) groups excluding carboxylic acids is 1. The molecule has 108 valence electrons. The van der Waals surface area contributed by atoms with E-state index in [1.165, 1.54) is 0 Å². The molecule has 0 bridgehead atoms. The maximum atomic E-state index is 12.3. The van der Waals surface area contributed by atoms with E-state index < -0.39 is 11.4 Å². The monoisotopic (exact) mass is 275 g/mol. The topological polar surface area (TPSA) is 66.4 Å². The third kappa shape index (κ3) is 2.55. The van der Waals surface area contributed by atoms with Gasteiger partial charge in [-0.15, -0.1) is 0 Å². The minimum atomic E-state index is -0.804. The second kappa shape index (κ2) is 5.27. The minimum absolute atomic E-state index is 0.174. The standard InChI is InChI=1S/C16H21NO3/c1-10-7-11(2)13(12(3)8-10)14(18)17-9-16(15(19)20)5-4-6-16/h7-8H,4-6,9H2,1-3H3,(H,17,18)(H,19,20). The first-order valence-electron chi connectivity index (χ1n) is 6.95. The number of hydrogen-bond donors (Lipinski definition) is 2. The number of carboxylic acid groups (broad SMARTS) is 1. The molecule has 1 aliphatic rings. The van der Waals surface area contributed by atoms with E-state index in [9.17, 15) is 14.7 Å². The molecule has 0 radical (unpaired) electrons. The highest BCUT2D eigenvalue weighted by molar-refractivity contribution is 5.97. The van der Waals surface area contributed by atoms with Gasteiger partial charge in [0.25, 0.3) is 5.91 Å². The van der Waals surface area contributed by atoms with Gasteiger partial charge in [0, 0.05) is 12.1 Å². The first-order chi connectivity index (χ1) is 9.35. The smallest absolute Gasteiger partial charge is 0.311 e. The summed E-state index contributed by atoms with van der Waals surface area (Å²) in [5.74, 6) is -0.978. The summed E-state index contributed by atoms with van der Waals surface area (Å²) in [6, 6.07) is 3.94. The Kier molecular flexibility index (Phi) is 3.84. The molecule has 1 saturated carbocycles. The van der Waals surface area contributed by atoms with Crippen LogP contribution in [-0.2, 0) is 4.79 Å². The van der Waals surface area contributed by atoms with Gasteiger partial charge in [-0.1, -0.05) is 24.1 Å². The molecule has 1 fully saturated rings. The molecule has 4 nitrogen and oxygen atoms in total. The molecule has 0 heterocycles. The Balaban J connectivity index is 2.12. The lowest BCUT2D eigenvalue weighted by Gasteiger charge is -2.37. The molecular weight excluding hydrogens is 254 g/mol. The van der Waals surface area contributed by atoms with Crippen molar-refractivity contribution in [1.82, 2.24) is 5.32 Å². The van der Waals surface area contributed by atoms with E-state index in [1.807, 2.05) is 32.9 Å². The predicted octanol–water partition coefficient (Wildman–Crippen LogP) is 2.60. The Morgan fingerprint density at radius 2 is 1.75 bits per heavy atom. The molecule has 0 spiro atoms. The second-order valence-corrected chi connectivity index (χ2v) is 5.90. The maximum Gasteiger partial charge on any atom is 0.311 e. The maximum absolute atomic E-state index is 12.3. The quantitative estimate of drug-likeness (QED) is 0.887. The number of aliphatic carboxylic acids is 1. The number of carbonyl (C=O) groups is 2. The van der Waals surface area contributed by atoms with Gasteiger partial charge in [-0.2, -0.15) is 0 Å². The van der Waals surface area contributed by atoms with Crippen LogP contribution in [-0.4, -0.2) is 23.5 Å². The van der Waals surface area contributed by atoms with Crippen LogP contribution in [0.15, 0.2) is 12.1 Å². The lowest BCUT2D eigenvalue weighted by molar-refractivity contribution is -0.153. The third-order valence-electron chi connectivity index (χ3n) is 4.26. The average Bonchev–Trinajstić information content (AvgIpc) is 2.25. The zero-order valence-corrected chi connectivity index (χ0v) is 12.2. The molecule has 0 atom stereocenters. The number of amides is 1. The van der Waals surface area contributed by atoms with Crippen LogP contribution in [0.4, 0.5) is 0 Å². The van der Waals surface area contributed by atoms with Gasteiger partial charge in [-0.3, -0.25) is 9.59 Å². The highest BCUT2D eigenvalue weighted by atomic mass is 16.4. The summed E-state index contributed by atoms with van der Waals surface area (Å²) in [6.45, 7) is 6.03. The van der Waals surface area contributed by atoms with Crippen molar-refractivity contribution >= 4 is 11.9 Å². The zero-order valence-electron chi connectivity index (χ0n) is 12.2. The summed E-state index contributed by atoms with van der Waals surface area (Å²) in [4.78, 5) is 23.6. The fourth-order valence-electron chi connectivity index (χ4n) is 2.95. The average molecular weight is 275 g/mol. The lowest BCUT2D eigenvalue weighted by atomic mass is 9.69. The molecule has 1 aromatic carbocycles. The Labute approximate surface area is 119 Å². The van der Waals surface area contributed by atoms with Crippen LogP contribution < -0.4 is 5.32 Å². The summed E-state index contributed by atoms with van der Waals surface area (Å²) in [5, 5.41) is 12.1. The molecule has 0 unspecified atom stereocenters. The fraction of sp³-hybridized carbons (Fsp3) is 0.500. The van der Waals surface area contributed by atoms with Crippen molar-refractivity contribution < 1.29 is 14.7 Å². The van der Waals surface area contributed by atoms with Gasteiger partial charge >= 0.3 is 5.97 Å². The van der Waals surface area contributed by atoms with E-state index in [2.05, 4.69) is 5.32 Å². The van der Waals surface area contributed by atoms with Gasteiger partial charge in [0.15, 0.2) is 0 Å². The molecule has 2 rings (SSSR count). The van der Waals surface area contributed by atoms with Gasteiger partial charge in [0.2, 0.25) is 0 Å². The normalized spacial score (nSPS) is 16.4. The molecule has 1 aliphatic carbocycles. The van der Waals surface area contributed by atoms with E-state index in [0.717, 1.165) is 23.1 Å². The summed E-state index contributed by atoms with van der Waals surface area (Å²) in [5.41, 5.74) is 2.89. The molecule has 0 aromatic heterocycles. The molecule has 0 saturated heterocycles. The number of benzene rings is 1. The van der Waals surface area contributed by atoms with E-state index in [-0.39, 0.29) is 12.5 Å². The highest BCUT2D eigenvalue weighted by Gasteiger charge is 2.44. The highest BCUT2D eigenvalue weighted by Crippen LogP contribution is 2.40.